The Labute approximate surface area is 185 Å². The van der Waals surface area contributed by atoms with Crippen molar-refractivity contribution in [2.75, 3.05) is 5.32 Å². The summed E-state index contributed by atoms with van der Waals surface area (Å²) in [4.78, 5) is 33.5. The molecular formula is C22H15F3N6O2. The SMILES string of the molecule is O=C=C1C=CN=C2C(n3ncc(C(=O)Nc4ccnc(C(F)(F)F)c4)c3C3CC3)=CC=CN12. The van der Waals surface area contributed by atoms with Gasteiger partial charge in [-0.25, -0.2) is 14.5 Å². The van der Waals surface area contributed by atoms with E-state index in [1.54, 1.807) is 27.9 Å². The van der Waals surface area contributed by atoms with Crippen LogP contribution in [0.25, 0.3) is 5.70 Å². The summed E-state index contributed by atoms with van der Waals surface area (Å²) in [5, 5.41) is 6.89. The van der Waals surface area contributed by atoms with Crippen LogP contribution in [-0.4, -0.2) is 37.3 Å². The molecular weight excluding hydrogens is 437 g/mol. The molecule has 11 heteroatoms. The maximum Gasteiger partial charge on any atom is 0.433 e. The van der Waals surface area contributed by atoms with Crippen LogP contribution in [0.5, 0.6) is 0 Å². The van der Waals surface area contributed by atoms with E-state index in [2.05, 4.69) is 20.4 Å². The third kappa shape index (κ3) is 3.79. The van der Waals surface area contributed by atoms with E-state index in [9.17, 15) is 22.8 Å². The fraction of sp³-hybridized carbons (Fsp3) is 0.182. The van der Waals surface area contributed by atoms with Gasteiger partial charge in [0.15, 0.2) is 11.8 Å². The number of fused-ring (bicyclic) bond motifs is 1. The van der Waals surface area contributed by atoms with Crippen LogP contribution in [0.1, 0.15) is 40.5 Å². The molecule has 1 saturated carbocycles. The highest BCUT2D eigenvalue weighted by Crippen LogP contribution is 2.43. The molecule has 0 spiro atoms. The van der Waals surface area contributed by atoms with Gasteiger partial charge in [0.05, 0.1) is 17.5 Å². The summed E-state index contributed by atoms with van der Waals surface area (Å²) < 4.78 is 40.5. The molecule has 0 saturated heterocycles. The quantitative estimate of drug-likeness (QED) is 0.714. The predicted octanol–water partition coefficient (Wildman–Crippen LogP) is 3.74. The Morgan fingerprint density at radius 2 is 2.09 bits per heavy atom. The first-order chi connectivity index (χ1) is 15.9. The number of anilines is 1. The van der Waals surface area contributed by atoms with Crippen LogP contribution in [0.4, 0.5) is 18.9 Å². The second-order valence-corrected chi connectivity index (χ2v) is 7.53. The average molecular weight is 452 g/mol. The van der Waals surface area contributed by atoms with Gasteiger partial charge in [0.25, 0.3) is 5.91 Å². The Morgan fingerprint density at radius 1 is 1.27 bits per heavy atom. The average Bonchev–Trinajstić information content (AvgIpc) is 3.55. The summed E-state index contributed by atoms with van der Waals surface area (Å²) in [6.45, 7) is 0. The lowest BCUT2D eigenvalue weighted by Crippen LogP contribution is -2.32. The van der Waals surface area contributed by atoms with Crippen molar-refractivity contribution in [3.05, 3.63) is 77.8 Å². The molecule has 33 heavy (non-hydrogen) atoms. The Balaban J connectivity index is 1.49. The number of amides is 1. The van der Waals surface area contributed by atoms with E-state index in [0.717, 1.165) is 25.1 Å². The monoisotopic (exact) mass is 452 g/mol. The van der Waals surface area contributed by atoms with E-state index in [-0.39, 0.29) is 22.9 Å². The molecule has 1 fully saturated rings. The number of nitrogens with one attached hydrogen (secondary N) is 1. The number of amidine groups is 1. The predicted molar refractivity (Wildman–Crippen MR) is 112 cm³/mol. The van der Waals surface area contributed by atoms with E-state index in [1.165, 1.54) is 24.5 Å². The first kappa shape index (κ1) is 20.7. The topological polar surface area (TPSA) is 92.5 Å². The van der Waals surface area contributed by atoms with Gasteiger partial charge in [-0.3, -0.25) is 14.7 Å². The molecule has 166 valence electrons. The summed E-state index contributed by atoms with van der Waals surface area (Å²) >= 11 is 0. The standard InChI is InChI=1S/C22H15F3N6O2/c23-22(24,25)18-10-14(5-7-26-18)29-21(33)16-11-28-31(19(16)13-3-4-13)17-2-1-9-30-15(12-32)6-8-27-20(17)30/h1-2,5-11,13H,3-4H2,(H,26,29,33). The van der Waals surface area contributed by atoms with Crippen LogP contribution in [0, 0.1) is 0 Å². The zero-order valence-electron chi connectivity index (χ0n) is 16.9. The zero-order chi connectivity index (χ0) is 23.2. The fourth-order valence-electron chi connectivity index (χ4n) is 3.65. The van der Waals surface area contributed by atoms with Gasteiger partial charge in [-0.15, -0.1) is 0 Å². The number of rotatable bonds is 4. The van der Waals surface area contributed by atoms with Gasteiger partial charge >= 0.3 is 6.18 Å². The summed E-state index contributed by atoms with van der Waals surface area (Å²) in [6.07, 6.45) is 7.60. The maximum absolute atomic E-state index is 13.0. The number of allylic oxidation sites excluding steroid dienone is 3. The molecule has 1 amide bonds. The molecule has 0 radical (unpaired) electrons. The highest BCUT2D eigenvalue weighted by atomic mass is 19.4. The van der Waals surface area contributed by atoms with Crippen LogP contribution < -0.4 is 5.32 Å². The molecule has 4 heterocycles. The third-order valence-electron chi connectivity index (χ3n) is 5.29. The molecule has 1 aliphatic carbocycles. The van der Waals surface area contributed by atoms with Crippen LogP contribution in [-0.2, 0) is 11.0 Å². The molecule has 2 aromatic rings. The van der Waals surface area contributed by atoms with Crippen LogP contribution in [0.15, 0.2) is 65.8 Å². The highest BCUT2D eigenvalue weighted by molar-refractivity contribution is 6.20. The third-order valence-corrected chi connectivity index (χ3v) is 5.29. The highest BCUT2D eigenvalue weighted by Gasteiger charge is 2.36. The number of halogens is 3. The summed E-state index contributed by atoms with van der Waals surface area (Å²) in [7, 11) is 0. The molecule has 0 bridgehead atoms. The van der Waals surface area contributed by atoms with Gasteiger partial charge in [0, 0.05) is 30.2 Å². The van der Waals surface area contributed by atoms with Gasteiger partial charge in [-0.05, 0) is 43.2 Å². The molecule has 2 aliphatic heterocycles. The minimum Gasteiger partial charge on any atom is -0.322 e. The Bertz CT molecular complexity index is 1320. The van der Waals surface area contributed by atoms with Crippen molar-refractivity contribution in [2.24, 2.45) is 4.99 Å². The lowest BCUT2D eigenvalue weighted by molar-refractivity contribution is -0.141. The smallest absolute Gasteiger partial charge is 0.322 e. The van der Waals surface area contributed by atoms with Crippen molar-refractivity contribution in [3.63, 3.8) is 0 Å². The number of carbonyl (C=O) groups excluding carboxylic acids is 2. The maximum atomic E-state index is 13.0. The van der Waals surface area contributed by atoms with Crippen molar-refractivity contribution in [2.45, 2.75) is 24.9 Å². The first-order valence-electron chi connectivity index (χ1n) is 9.97. The number of hydrogen-bond acceptors (Lipinski definition) is 6. The van der Waals surface area contributed by atoms with Crippen LogP contribution in [0.2, 0.25) is 0 Å². The van der Waals surface area contributed by atoms with Gasteiger partial charge < -0.3 is 5.32 Å². The first-order valence-corrected chi connectivity index (χ1v) is 9.97. The van der Waals surface area contributed by atoms with Crippen LogP contribution in [0.3, 0.4) is 0 Å². The van der Waals surface area contributed by atoms with E-state index in [1.807, 2.05) is 5.94 Å². The van der Waals surface area contributed by atoms with Gasteiger partial charge in [-0.2, -0.15) is 18.3 Å². The lowest BCUT2D eigenvalue weighted by Gasteiger charge is -2.27. The molecule has 0 unspecified atom stereocenters. The second-order valence-electron chi connectivity index (χ2n) is 7.53. The molecule has 8 nitrogen and oxygen atoms in total. The number of pyridine rings is 1. The minimum absolute atomic E-state index is 0.0228. The number of alkyl halides is 3. The largest absolute Gasteiger partial charge is 0.433 e. The normalized spacial score (nSPS) is 17.3. The van der Waals surface area contributed by atoms with Crippen molar-refractivity contribution in [1.29, 1.82) is 0 Å². The Morgan fingerprint density at radius 3 is 2.82 bits per heavy atom. The van der Waals surface area contributed by atoms with E-state index in [4.69, 9.17) is 0 Å². The van der Waals surface area contributed by atoms with Gasteiger partial charge in [-0.1, -0.05) is 0 Å². The molecule has 1 N–H and O–H groups in total. The summed E-state index contributed by atoms with van der Waals surface area (Å²) in [5.74, 6) is 1.79. The number of carbonyl (C=O) groups is 1. The molecule has 0 aromatic carbocycles. The molecule has 2 aromatic heterocycles. The molecule has 3 aliphatic rings. The van der Waals surface area contributed by atoms with Crippen LogP contribution >= 0.6 is 0 Å². The van der Waals surface area contributed by atoms with Gasteiger partial charge in [0.2, 0.25) is 0 Å². The van der Waals surface area contributed by atoms with E-state index in [0.29, 0.717) is 17.2 Å². The number of hydrogen-bond donors (Lipinski definition) is 1. The number of aromatic nitrogens is 3. The van der Waals surface area contributed by atoms with Gasteiger partial charge in [0.1, 0.15) is 17.1 Å². The Kier molecular flexibility index (Phi) is 4.83. The number of aliphatic imine (C=N–C) groups is 1. The number of nitrogens with zero attached hydrogens (tertiary/aromatic N) is 5. The summed E-state index contributed by atoms with van der Waals surface area (Å²) in [5.41, 5.74) is 0.596. The minimum atomic E-state index is -4.62. The second kappa shape index (κ2) is 7.72. The van der Waals surface area contributed by atoms with E-state index >= 15 is 0 Å². The molecule has 0 atom stereocenters. The van der Waals surface area contributed by atoms with Crippen molar-refractivity contribution < 1.29 is 22.8 Å². The van der Waals surface area contributed by atoms with Crippen molar-refractivity contribution >= 4 is 29.1 Å². The summed E-state index contributed by atoms with van der Waals surface area (Å²) in [6, 6.07) is 2.07. The molecule has 5 rings (SSSR count). The lowest BCUT2D eigenvalue weighted by atomic mass is 10.1. The van der Waals surface area contributed by atoms with E-state index < -0.39 is 17.8 Å². The zero-order valence-corrected chi connectivity index (χ0v) is 16.9. The van der Waals surface area contributed by atoms with Crippen molar-refractivity contribution in [1.82, 2.24) is 19.7 Å². The fourth-order valence-corrected chi connectivity index (χ4v) is 3.65. The Hall–Kier alpha value is -4.24. The van der Waals surface area contributed by atoms with Crippen molar-refractivity contribution in [3.8, 4) is 0 Å².